The van der Waals surface area contributed by atoms with Crippen LogP contribution in [0.1, 0.15) is 6.42 Å². The molecule has 1 aromatic heterocycles. The predicted molar refractivity (Wildman–Crippen MR) is 50.1 cm³/mol. The van der Waals surface area contributed by atoms with E-state index >= 15 is 0 Å². The van der Waals surface area contributed by atoms with Crippen molar-refractivity contribution in [2.24, 2.45) is 5.92 Å². The lowest BCUT2D eigenvalue weighted by Gasteiger charge is -2.13. The van der Waals surface area contributed by atoms with Crippen molar-refractivity contribution in [3.05, 3.63) is 18.3 Å². The smallest absolute Gasteiger partial charge is 0.308 e. The Bertz CT molecular complexity index is 393. The zero-order valence-corrected chi connectivity index (χ0v) is 7.83. The average molecular weight is 207 g/mol. The summed E-state index contributed by atoms with van der Waals surface area (Å²) >= 11 is 0. The molecule has 1 atom stereocenters. The highest BCUT2D eigenvalue weighted by Crippen LogP contribution is 2.22. The Morgan fingerprint density at radius 1 is 1.60 bits per heavy atom. The second-order valence-electron chi connectivity index (χ2n) is 3.33. The van der Waals surface area contributed by atoms with Crippen LogP contribution in [0.15, 0.2) is 18.3 Å². The van der Waals surface area contributed by atoms with Gasteiger partial charge in [-0.1, -0.05) is 0 Å². The summed E-state index contributed by atoms with van der Waals surface area (Å²) in [5.74, 6) is -1.40. The first-order valence-electron chi connectivity index (χ1n) is 4.49. The normalized spacial score (nSPS) is 20.7. The molecular weight excluding hydrogens is 198 g/mol. The first kappa shape index (κ1) is 9.57. The molecule has 78 valence electrons. The van der Waals surface area contributed by atoms with E-state index in [1.54, 1.807) is 12.1 Å². The Kier molecular flexibility index (Phi) is 2.32. The van der Waals surface area contributed by atoms with E-state index in [9.17, 15) is 9.59 Å². The highest BCUT2D eigenvalue weighted by molar-refractivity contribution is 5.98. The Morgan fingerprint density at radius 3 is 2.93 bits per heavy atom. The highest BCUT2D eigenvalue weighted by atomic mass is 16.4. The van der Waals surface area contributed by atoms with E-state index in [4.69, 9.17) is 5.11 Å². The van der Waals surface area contributed by atoms with Gasteiger partial charge in [-0.2, -0.15) is 5.10 Å². The van der Waals surface area contributed by atoms with E-state index in [0.29, 0.717) is 5.82 Å². The minimum absolute atomic E-state index is 0.0336. The van der Waals surface area contributed by atoms with Crippen LogP contribution in [0.4, 0.5) is 5.82 Å². The third-order valence-corrected chi connectivity index (χ3v) is 2.31. The number of carbonyl (C=O) groups is 2. The fourth-order valence-electron chi connectivity index (χ4n) is 1.53. The van der Waals surface area contributed by atoms with Gasteiger partial charge in [0.15, 0.2) is 5.82 Å². The van der Waals surface area contributed by atoms with E-state index in [-0.39, 0.29) is 18.9 Å². The molecule has 1 amide bonds. The Hall–Kier alpha value is -1.98. The number of aromatic nitrogens is 2. The van der Waals surface area contributed by atoms with Crippen molar-refractivity contribution in [1.82, 2.24) is 10.2 Å². The van der Waals surface area contributed by atoms with E-state index in [1.807, 2.05) is 0 Å². The standard InChI is InChI=1S/C9H9N3O3/c13-8-4-6(9(14)15)5-12(8)7-2-1-3-10-11-7/h1-3,6H,4-5H2,(H,14,15). The van der Waals surface area contributed by atoms with Gasteiger partial charge in [0.25, 0.3) is 0 Å². The molecule has 0 aromatic carbocycles. The lowest BCUT2D eigenvalue weighted by Crippen LogP contribution is -2.26. The number of hydrogen-bond donors (Lipinski definition) is 1. The quantitative estimate of drug-likeness (QED) is 0.732. The third-order valence-electron chi connectivity index (χ3n) is 2.31. The molecule has 15 heavy (non-hydrogen) atoms. The summed E-state index contributed by atoms with van der Waals surface area (Å²) in [6.45, 7) is 0.173. The molecular formula is C9H9N3O3. The van der Waals surface area contributed by atoms with Gasteiger partial charge in [0.2, 0.25) is 5.91 Å². The van der Waals surface area contributed by atoms with Crippen molar-refractivity contribution >= 4 is 17.7 Å². The van der Waals surface area contributed by atoms with Gasteiger partial charge in [0, 0.05) is 19.2 Å². The molecule has 6 heteroatoms. The van der Waals surface area contributed by atoms with Crippen molar-refractivity contribution in [1.29, 1.82) is 0 Å². The molecule has 1 aromatic rings. The molecule has 0 saturated carbocycles. The Balaban J connectivity index is 2.19. The topological polar surface area (TPSA) is 83.4 Å². The fourth-order valence-corrected chi connectivity index (χ4v) is 1.53. The molecule has 1 unspecified atom stereocenters. The van der Waals surface area contributed by atoms with Crippen molar-refractivity contribution in [3.63, 3.8) is 0 Å². The molecule has 1 aliphatic rings. The van der Waals surface area contributed by atoms with E-state index < -0.39 is 11.9 Å². The Labute approximate surface area is 85.5 Å². The van der Waals surface area contributed by atoms with Crippen LogP contribution in [0.2, 0.25) is 0 Å². The van der Waals surface area contributed by atoms with Crippen LogP contribution in [-0.4, -0.2) is 33.7 Å². The van der Waals surface area contributed by atoms with Gasteiger partial charge in [-0.3, -0.25) is 14.5 Å². The van der Waals surface area contributed by atoms with E-state index in [0.717, 1.165) is 0 Å². The SMILES string of the molecule is O=C(O)C1CC(=O)N(c2cccnn2)C1. The van der Waals surface area contributed by atoms with Crippen LogP contribution in [0.5, 0.6) is 0 Å². The molecule has 0 bridgehead atoms. The zero-order chi connectivity index (χ0) is 10.8. The minimum Gasteiger partial charge on any atom is -0.481 e. The number of nitrogens with zero attached hydrogens (tertiary/aromatic N) is 3. The van der Waals surface area contributed by atoms with Crippen molar-refractivity contribution in [2.75, 3.05) is 11.4 Å². The van der Waals surface area contributed by atoms with Crippen LogP contribution in [-0.2, 0) is 9.59 Å². The molecule has 2 rings (SSSR count). The molecule has 2 heterocycles. The number of carboxylic acid groups (broad SMARTS) is 1. The van der Waals surface area contributed by atoms with Gasteiger partial charge in [-0.15, -0.1) is 5.10 Å². The number of carboxylic acids is 1. The van der Waals surface area contributed by atoms with Gasteiger partial charge < -0.3 is 5.11 Å². The molecule has 6 nitrogen and oxygen atoms in total. The molecule has 1 aliphatic heterocycles. The maximum absolute atomic E-state index is 11.5. The monoisotopic (exact) mass is 207 g/mol. The van der Waals surface area contributed by atoms with Gasteiger partial charge in [0.1, 0.15) is 0 Å². The maximum atomic E-state index is 11.5. The number of rotatable bonds is 2. The number of anilines is 1. The van der Waals surface area contributed by atoms with Crippen LogP contribution in [0.3, 0.4) is 0 Å². The lowest BCUT2D eigenvalue weighted by molar-refractivity contribution is -0.141. The molecule has 0 radical (unpaired) electrons. The van der Waals surface area contributed by atoms with Gasteiger partial charge in [0.05, 0.1) is 5.92 Å². The summed E-state index contributed by atoms with van der Waals surface area (Å²) in [4.78, 5) is 23.5. The summed E-state index contributed by atoms with van der Waals surface area (Å²) in [6.07, 6.45) is 1.53. The second kappa shape index (κ2) is 3.64. The second-order valence-corrected chi connectivity index (χ2v) is 3.33. The average Bonchev–Trinajstić information content (AvgIpc) is 2.62. The summed E-state index contributed by atoms with van der Waals surface area (Å²) in [6, 6.07) is 3.29. The largest absolute Gasteiger partial charge is 0.481 e. The molecule has 0 aliphatic carbocycles. The first-order valence-corrected chi connectivity index (χ1v) is 4.49. The van der Waals surface area contributed by atoms with Crippen LogP contribution in [0.25, 0.3) is 0 Å². The third kappa shape index (κ3) is 1.78. The zero-order valence-electron chi connectivity index (χ0n) is 7.83. The number of amides is 1. The van der Waals surface area contributed by atoms with E-state index in [2.05, 4.69) is 10.2 Å². The van der Waals surface area contributed by atoms with Crippen molar-refractivity contribution in [2.45, 2.75) is 6.42 Å². The predicted octanol–water partition coefficient (Wildman–Crippen LogP) is -0.0859. The van der Waals surface area contributed by atoms with Crippen molar-refractivity contribution < 1.29 is 14.7 Å². The highest BCUT2D eigenvalue weighted by Gasteiger charge is 2.35. The summed E-state index contributed by atoms with van der Waals surface area (Å²) in [5, 5.41) is 16.2. The first-order chi connectivity index (χ1) is 7.18. The summed E-state index contributed by atoms with van der Waals surface area (Å²) < 4.78 is 0. The van der Waals surface area contributed by atoms with Crippen LogP contribution < -0.4 is 4.90 Å². The Morgan fingerprint density at radius 2 is 2.40 bits per heavy atom. The summed E-state index contributed by atoms with van der Waals surface area (Å²) in [7, 11) is 0. The van der Waals surface area contributed by atoms with Gasteiger partial charge >= 0.3 is 5.97 Å². The molecule has 1 saturated heterocycles. The molecule has 1 fully saturated rings. The summed E-state index contributed by atoms with van der Waals surface area (Å²) in [5.41, 5.74) is 0. The minimum atomic E-state index is -0.949. The molecule has 0 spiro atoms. The van der Waals surface area contributed by atoms with Gasteiger partial charge in [-0.05, 0) is 12.1 Å². The van der Waals surface area contributed by atoms with Crippen molar-refractivity contribution in [3.8, 4) is 0 Å². The fraction of sp³-hybridized carbons (Fsp3) is 0.333. The van der Waals surface area contributed by atoms with Crippen LogP contribution >= 0.6 is 0 Å². The maximum Gasteiger partial charge on any atom is 0.308 e. The number of carbonyl (C=O) groups excluding carboxylic acids is 1. The van der Waals surface area contributed by atoms with Crippen LogP contribution in [0, 0.1) is 5.92 Å². The molecule has 1 N–H and O–H groups in total. The lowest BCUT2D eigenvalue weighted by atomic mass is 10.1. The van der Waals surface area contributed by atoms with E-state index in [1.165, 1.54) is 11.1 Å². The number of hydrogen-bond acceptors (Lipinski definition) is 4. The number of aliphatic carboxylic acids is 1. The van der Waals surface area contributed by atoms with Gasteiger partial charge in [-0.25, -0.2) is 0 Å².